The second-order valence-corrected chi connectivity index (χ2v) is 4.31. The van der Waals surface area contributed by atoms with E-state index in [0.29, 0.717) is 0 Å². The fourth-order valence-corrected chi connectivity index (χ4v) is 2.22. The molecule has 0 aromatic heterocycles. The van der Waals surface area contributed by atoms with E-state index >= 15 is 0 Å². The van der Waals surface area contributed by atoms with E-state index in [1.165, 1.54) is 15.3 Å². The molecule has 0 bridgehead atoms. The van der Waals surface area contributed by atoms with Crippen molar-refractivity contribution < 1.29 is 18.6 Å². The van der Waals surface area contributed by atoms with Gasteiger partial charge in [-0.25, -0.2) is 0 Å². The second-order valence-electron chi connectivity index (χ2n) is 2.78. The molecule has 1 aromatic carbocycles. The van der Waals surface area contributed by atoms with Crippen molar-refractivity contribution in [1.82, 2.24) is 0 Å². The van der Waals surface area contributed by atoms with Gasteiger partial charge in [-0.15, -0.1) is 0 Å². The summed E-state index contributed by atoms with van der Waals surface area (Å²) in [6, 6.07) is 10.6. The number of hydrogen-bond acceptors (Lipinski definition) is 0. The summed E-state index contributed by atoms with van der Waals surface area (Å²) in [5.41, 5.74) is 2.75. The van der Waals surface area contributed by atoms with Crippen molar-refractivity contribution in [3.63, 3.8) is 0 Å². The SMILES string of the molecule is [Os][C]1=C(c2ccccc2)C=CC1. The molecule has 0 aliphatic heterocycles. The summed E-state index contributed by atoms with van der Waals surface area (Å²) in [5.74, 6) is 0. The Morgan fingerprint density at radius 1 is 1.08 bits per heavy atom. The van der Waals surface area contributed by atoms with Crippen molar-refractivity contribution in [2.24, 2.45) is 0 Å². The van der Waals surface area contributed by atoms with Gasteiger partial charge in [0, 0.05) is 0 Å². The molecule has 0 atom stereocenters. The summed E-state index contributed by atoms with van der Waals surface area (Å²) in [5, 5.41) is 0. The van der Waals surface area contributed by atoms with E-state index in [1.807, 2.05) is 18.6 Å². The Kier molecular flexibility index (Phi) is 2.24. The van der Waals surface area contributed by atoms with E-state index in [4.69, 9.17) is 0 Å². The predicted molar refractivity (Wildman–Crippen MR) is 47.1 cm³/mol. The molecule has 0 saturated heterocycles. The normalized spacial score (nSPS) is 15.8. The van der Waals surface area contributed by atoms with Gasteiger partial charge in [0.05, 0.1) is 0 Å². The Morgan fingerprint density at radius 3 is 2.42 bits per heavy atom. The van der Waals surface area contributed by atoms with Crippen molar-refractivity contribution in [2.45, 2.75) is 6.42 Å². The zero-order chi connectivity index (χ0) is 8.39. The van der Waals surface area contributed by atoms with Gasteiger partial charge >= 0.3 is 82.8 Å². The van der Waals surface area contributed by atoms with Gasteiger partial charge in [0.15, 0.2) is 0 Å². The van der Waals surface area contributed by atoms with Crippen LogP contribution in [0.2, 0.25) is 0 Å². The first-order chi connectivity index (χ1) is 5.88. The van der Waals surface area contributed by atoms with Crippen molar-refractivity contribution in [2.75, 3.05) is 0 Å². The summed E-state index contributed by atoms with van der Waals surface area (Å²) >= 11 is 2.00. The Morgan fingerprint density at radius 2 is 1.83 bits per heavy atom. The van der Waals surface area contributed by atoms with Gasteiger partial charge in [0.1, 0.15) is 0 Å². The predicted octanol–water partition coefficient (Wildman–Crippen LogP) is 2.90. The summed E-state index contributed by atoms with van der Waals surface area (Å²) in [6.07, 6.45) is 5.57. The molecule has 0 unspecified atom stereocenters. The third-order valence-corrected chi connectivity index (χ3v) is 3.15. The topological polar surface area (TPSA) is 0 Å². The fraction of sp³-hybridized carbons (Fsp3) is 0.0909. The molecule has 1 aromatic rings. The second kappa shape index (κ2) is 3.38. The van der Waals surface area contributed by atoms with E-state index in [1.54, 1.807) is 0 Å². The van der Waals surface area contributed by atoms with Crippen LogP contribution in [-0.4, -0.2) is 0 Å². The minimum atomic E-state index is 1.13. The van der Waals surface area contributed by atoms with Crippen molar-refractivity contribution >= 4 is 5.57 Å². The van der Waals surface area contributed by atoms with Crippen LogP contribution in [0.15, 0.2) is 46.6 Å². The molecule has 1 aliphatic carbocycles. The molecule has 1 aliphatic rings. The summed E-state index contributed by atoms with van der Waals surface area (Å²) in [6.45, 7) is 0. The Labute approximate surface area is 82.9 Å². The number of rotatable bonds is 1. The van der Waals surface area contributed by atoms with E-state index in [0.717, 1.165) is 6.42 Å². The molecule has 0 spiro atoms. The van der Waals surface area contributed by atoms with Crippen LogP contribution in [0.25, 0.3) is 5.57 Å². The molecule has 0 amide bonds. The van der Waals surface area contributed by atoms with Gasteiger partial charge in [-0.1, -0.05) is 0 Å². The molecule has 2 rings (SSSR count). The third-order valence-electron chi connectivity index (χ3n) is 1.95. The Hall–Kier alpha value is -0.664. The average molecular weight is 331 g/mol. The molecule has 0 saturated carbocycles. The Balaban J connectivity index is 2.44. The van der Waals surface area contributed by atoms with Gasteiger partial charge in [0.2, 0.25) is 0 Å². The zero-order valence-corrected chi connectivity index (χ0v) is 9.14. The quantitative estimate of drug-likeness (QED) is 0.742. The first-order valence-electron chi connectivity index (χ1n) is 3.97. The van der Waals surface area contributed by atoms with E-state index in [2.05, 4.69) is 42.5 Å². The van der Waals surface area contributed by atoms with Crippen LogP contribution in [0.4, 0.5) is 0 Å². The van der Waals surface area contributed by atoms with Crippen molar-refractivity contribution in [1.29, 1.82) is 0 Å². The van der Waals surface area contributed by atoms with Crippen LogP contribution in [-0.2, 0) is 18.6 Å². The number of allylic oxidation sites excluding steroid dienone is 4. The van der Waals surface area contributed by atoms with Crippen LogP contribution in [0.1, 0.15) is 12.0 Å². The van der Waals surface area contributed by atoms with E-state index in [9.17, 15) is 0 Å². The molecule has 12 heavy (non-hydrogen) atoms. The van der Waals surface area contributed by atoms with Gasteiger partial charge in [-0.3, -0.25) is 0 Å². The van der Waals surface area contributed by atoms with Crippen LogP contribution in [0.5, 0.6) is 0 Å². The Bertz CT molecular complexity index is 333. The fourth-order valence-electron chi connectivity index (χ4n) is 1.34. The molecular formula is C11H9Os. The maximum absolute atomic E-state index is 2.23. The minimum absolute atomic E-state index is 1.13. The average Bonchev–Trinajstić information content (AvgIpc) is 2.53. The van der Waals surface area contributed by atoms with Gasteiger partial charge in [0.25, 0.3) is 0 Å². The summed E-state index contributed by atoms with van der Waals surface area (Å²) in [7, 11) is 0. The summed E-state index contributed by atoms with van der Waals surface area (Å²) < 4.78 is 1.50. The molecular weight excluding hydrogens is 322 g/mol. The van der Waals surface area contributed by atoms with Gasteiger partial charge in [-0.05, 0) is 0 Å². The van der Waals surface area contributed by atoms with E-state index in [-0.39, 0.29) is 0 Å². The number of hydrogen-bond donors (Lipinski definition) is 0. The van der Waals surface area contributed by atoms with Crippen LogP contribution < -0.4 is 0 Å². The molecule has 0 fully saturated rings. The first-order valence-corrected chi connectivity index (χ1v) is 5.24. The van der Waals surface area contributed by atoms with Crippen LogP contribution in [0.3, 0.4) is 0 Å². The third kappa shape index (κ3) is 1.43. The van der Waals surface area contributed by atoms with Crippen LogP contribution in [0, 0.1) is 0 Å². The summed E-state index contributed by atoms with van der Waals surface area (Å²) in [4.78, 5) is 0. The molecule has 1 heteroatoms. The van der Waals surface area contributed by atoms with Crippen molar-refractivity contribution in [3.05, 3.63) is 52.2 Å². The number of benzene rings is 1. The monoisotopic (exact) mass is 333 g/mol. The molecule has 0 heterocycles. The molecule has 61 valence electrons. The molecule has 0 radical (unpaired) electrons. The van der Waals surface area contributed by atoms with Gasteiger partial charge < -0.3 is 0 Å². The first kappa shape index (κ1) is 7.96. The van der Waals surface area contributed by atoms with Gasteiger partial charge in [-0.2, -0.15) is 0 Å². The molecule has 0 N–H and O–H groups in total. The maximum atomic E-state index is 2.23. The zero-order valence-electron chi connectivity index (χ0n) is 6.60. The van der Waals surface area contributed by atoms with Crippen LogP contribution >= 0.6 is 0 Å². The van der Waals surface area contributed by atoms with E-state index < -0.39 is 0 Å². The standard InChI is InChI=1S/C11H9.Os/c1-2-6-10(7-3-1)11-8-4-5-9-11;/h1-4,6-8H,5H2;. The van der Waals surface area contributed by atoms with Crippen molar-refractivity contribution in [3.8, 4) is 0 Å². The molecule has 0 nitrogen and oxygen atoms in total.